The summed E-state index contributed by atoms with van der Waals surface area (Å²) in [6.07, 6.45) is 0. The summed E-state index contributed by atoms with van der Waals surface area (Å²) in [6, 6.07) is 10.8. The molecule has 0 unspecified atom stereocenters. The minimum Gasteiger partial charge on any atom is -0.496 e. The lowest BCUT2D eigenvalue weighted by Crippen LogP contribution is -2.33. The van der Waals surface area contributed by atoms with Crippen molar-refractivity contribution in [2.75, 3.05) is 14.2 Å². The molecule has 1 N–H and O–H groups in total. The van der Waals surface area contributed by atoms with E-state index < -0.39 is 17.5 Å². The largest absolute Gasteiger partial charge is 0.496 e. The lowest BCUT2D eigenvalue weighted by atomic mass is 10.1. The van der Waals surface area contributed by atoms with Crippen molar-refractivity contribution in [3.05, 3.63) is 64.0 Å². The minimum absolute atomic E-state index is 0.0975. The SMILES string of the molecule is COc1cccc(OC)c1C(=O)Oc1ccc2cc(C(=O)NC(C)C)c(=O)oc2c1. The van der Waals surface area contributed by atoms with Crippen molar-refractivity contribution in [1.29, 1.82) is 0 Å². The molecule has 0 bridgehead atoms. The number of carbonyl (C=O) groups excluding carboxylic acids is 2. The second kappa shape index (κ2) is 8.69. The summed E-state index contributed by atoms with van der Waals surface area (Å²) in [7, 11) is 2.87. The quantitative estimate of drug-likeness (QED) is 0.377. The van der Waals surface area contributed by atoms with Crippen LogP contribution in [0.5, 0.6) is 17.2 Å². The van der Waals surface area contributed by atoms with Gasteiger partial charge in [-0.15, -0.1) is 0 Å². The predicted molar refractivity (Wildman–Crippen MR) is 110 cm³/mol. The molecule has 1 heterocycles. The molecule has 0 fully saturated rings. The van der Waals surface area contributed by atoms with Gasteiger partial charge in [-0.05, 0) is 44.2 Å². The number of carbonyl (C=O) groups is 2. The minimum atomic E-state index is -0.782. The smallest absolute Gasteiger partial charge is 0.351 e. The van der Waals surface area contributed by atoms with E-state index in [2.05, 4.69) is 5.32 Å². The van der Waals surface area contributed by atoms with E-state index in [0.717, 1.165) is 0 Å². The fraction of sp³-hybridized carbons (Fsp3) is 0.227. The Balaban J connectivity index is 1.93. The first-order chi connectivity index (χ1) is 14.3. The highest BCUT2D eigenvalue weighted by Gasteiger charge is 2.21. The van der Waals surface area contributed by atoms with E-state index in [4.69, 9.17) is 18.6 Å². The summed E-state index contributed by atoms with van der Waals surface area (Å²) in [6.45, 7) is 3.58. The number of rotatable bonds is 6. The van der Waals surface area contributed by atoms with Crippen LogP contribution < -0.4 is 25.2 Å². The average Bonchev–Trinajstić information content (AvgIpc) is 2.71. The van der Waals surface area contributed by atoms with Gasteiger partial charge in [0.25, 0.3) is 5.91 Å². The van der Waals surface area contributed by atoms with E-state index in [9.17, 15) is 14.4 Å². The molecule has 30 heavy (non-hydrogen) atoms. The number of ether oxygens (including phenoxy) is 3. The van der Waals surface area contributed by atoms with Crippen molar-refractivity contribution < 1.29 is 28.2 Å². The number of methoxy groups -OCH3 is 2. The van der Waals surface area contributed by atoms with Gasteiger partial charge in [-0.25, -0.2) is 9.59 Å². The van der Waals surface area contributed by atoms with E-state index in [1.54, 1.807) is 38.1 Å². The van der Waals surface area contributed by atoms with Gasteiger partial charge >= 0.3 is 11.6 Å². The van der Waals surface area contributed by atoms with E-state index in [1.807, 2.05) is 0 Å². The van der Waals surface area contributed by atoms with Crippen LogP contribution >= 0.6 is 0 Å². The molecule has 0 radical (unpaired) electrons. The van der Waals surface area contributed by atoms with E-state index in [-0.39, 0.29) is 28.5 Å². The Hall–Kier alpha value is -3.81. The van der Waals surface area contributed by atoms with Crippen LogP contribution in [0.2, 0.25) is 0 Å². The monoisotopic (exact) mass is 411 g/mol. The number of hydrogen-bond donors (Lipinski definition) is 1. The molecule has 0 aliphatic heterocycles. The van der Waals surface area contributed by atoms with Gasteiger partial charge in [-0.1, -0.05) is 6.07 Å². The van der Waals surface area contributed by atoms with Gasteiger partial charge in [0.15, 0.2) is 0 Å². The van der Waals surface area contributed by atoms with Crippen LogP contribution in [-0.2, 0) is 0 Å². The zero-order valence-electron chi connectivity index (χ0n) is 17.0. The second-order valence-electron chi connectivity index (χ2n) is 6.70. The molecule has 1 amide bonds. The van der Waals surface area contributed by atoms with Crippen LogP contribution in [0.1, 0.15) is 34.6 Å². The van der Waals surface area contributed by atoms with Crippen LogP contribution in [0.15, 0.2) is 51.7 Å². The Morgan fingerprint density at radius 2 is 1.67 bits per heavy atom. The molecule has 1 aromatic heterocycles. The van der Waals surface area contributed by atoms with Gasteiger partial charge in [-0.3, -0.25) is 4.79 Å². The molecule has 0 saturated carbocycles. The number of hydrogen-bond acceptors (Lipinski definition) is 7. The predicted octanol–water partition coefficient (Wildman–Crippen LogP) is 3.17. The molecule has 0 atom stereocenters. The lowest BCUT2D eigenvalue weighted by Gasteiger charge is -2.12. The molecule has 0 saturated heterocycles. The van der Waals surface area contributed by atoms with E-state index in [1.165, 1.54) is 32.4 Å². The van der Waals surface area contributed by atoms with Crippen molar-refractivity contribution in [3.8, 4) is 17.2 Å². The third-order valence-corrected chi connectivity index (χ3v) is 4.21. The maximum absolute atomic E-state index is 12.7. The molecule has 3 aromatic rings. The Morgan fingerprint density at radius 1 is 1.00 bits per heavy atom. The fourth-order valence-electron chi connectivity index (χ4n) is 2.86. The van der Waals surface area contributed by atoms with Gasteiger partial charge in [0.2, 0.25) is 0 Å². The maximum Gasteiger partial charge on any atom is 0.351 e. The van der Waals surface area contributed by atoms with Gasteiger partial charge in [0, 0.05) is 17.5 Å². The van der Waals surface area contributed by atoms with E-state index >= 15 is 0 Å². The molecular weight excluding hydrogens is 390 g/mol. The summed E-state index contributed by atoms with van der Waals surface area (Å²) in [5.41, 5.74) is -0.571. The highest BCUT2D eigenvalue weighted by atomic mass is 16.5. The number of nitrogens with one attached hydrogen (secondary N) is 1. The molecule has 3 rings (SSSR count). The third kappa shape index (κ3) is 4.27. The number of benzene rings is 2. The first-order valence-electron chi connectivity index (χ1n) is 9.16. The van der Waals surface area contributed by atoms with Crippen molar-refractivity contribution in [2.24, 2.45) is 0 Å². The molecular formula is C22H21NO7. The van der Waals surface area contributed by atoms with Crippen molar-refractivity contribution >= 4 is 22.8 Å². The van der Waals surface area contributed by atoms with Crippen LogP contribution in [0.3, 0.4) is 0 Å². The molecule has 8 heteroatoms. The van der Waals surface area contributed by atoms with Gasteiger partial charge < -0.3 is 23.9 Å². The number of amides is 1. The third-order valence-electron chi connectivity index (χ3n) is 4.21. The van der Waals surface area contributed by atoms with Crippen LogP contribution in [0.4, 0.5) is 0 Å². The zero-order valence-corrected chi connectivity index (χ0v) is 17.0. The molecule has 0 aliphatic carbocycles. The topological polar surface area (TPSA) is 104 Å². The summed E-state index contributed by atoms with van der Waals surface area (Å²) in [4.78, 5) is 37.1. The Labute approximate surface area is 172 Å². The fourth-order valence-corrected chi connectivity index (χ4v) is 2.86. The summed E-state index contributed by atoms with van der Waals surface area (Å²) in [5.74, 6) is -0.457. The summed E-state index contributed by atoms with van der Waals surface area (Å²) < 4.78 is 21.1. The number of esters is 1. The van der Waals surface area contributed by atoms with Crippen LogP contribution in [0.25, 0.3) is 11.0 Å². The Bertz CT molecular complexity index is 1140. The van der Waals surface area contributed by atoms with Crippen LogP contribution in [0, 0.1) is 0 Å². The van der Waals surface area contributed by atoms with Crippen molar-refractivity contribution in [1.82, 2.24) is 5.32 Å². The lowest BCUT2D eigenvalue weighted by molar-refractivity contribution is 0.0727. The molecule has 0 aliphatic rings. The van der Waals surface area contributed by atoms with Crippen LogP contribution in [-0.4, -0.2) is 32.1 Å². The Kier molecular flexibility index (Phi) is 6.06. The summed E-state index contributed by atoms with van der Waals surface area (Å²) >= 11 is 0. The van der Waals surface area contributed by atoms with Gasteiger partial charge in [-0.2, -0.15) is 0 Å². The standard InChI is InChI=1S/C22H21NO7/c1-12(2)23-20(24)15-10-13-8-9-14(11-18(13)30-21(15)25)29-22(26)19-16(27-3)6-5-7-17(19)28-4/h5-12H,1-4H3,(H,23,24). The molecule has 0 spiro atoms. The number of fused-ring (bicyclic) bond motifs is 1. The first kappa shape index (κ1) is 20.9. The highest BCUT2D eigenvalue weighted by molar-refractivity contribution is 5.98. The average molecular weight is 411 g/mol. The first-order valence-corrected chi connectivity index (χ1v) is 9.16. The second-order valence-corrected chi connectivity index (χ2v) is 6.70. The molecule has 156 valence electrons. The van der Waals surface area contributed by atoms with Crippen molar-refractivity contribution in [2.45, 2.75) is 19.9 Å². The maximum atomic E-state index is 12.7. The Morgan fingerprint density at radius 3 is 2.27 bits per heavy atom. The van der Waals surface area contributed by atoms with Crippen molar-refractivity contribution in [3.63, 3.8) is 0 Å². The van der Waals surface area contributed by atoms with Gasteiger partial charge in [0.1, 0.15) is 34.0 Å². The molecule has 2 aromatic carbocycles. The van der Waals surface area contributed by atoms with Gasteiger partial charge in [0.05, 0.1) is 14.2 Å². The van der Waals surface area contributed by atoms with E-state index in [0.29, 0.717) is 16.9 Å². The molecule has 8 nitrogen and oxygen atoms in total. The zero-order chi connectivity index (χ0) is 21.8. The highest BCUT2D eigenvalue weighted by Crippen LogP contribution is 2.30. The normalized spacial score (nSPS) is 10.7. The summed E-state index contributed by atoms with van der Waals surface area (Å²) in [5, 5.41) is 3.16.